The summed E-state index contributed by atoms with van der Waals surface area (Å²) in [6.07, 6.45) is -1.18. The number of amides is 1. The highest BCUT2D eigenvalue weighted by Crippen LogP contribution is 2.17. The van der Waals surface area contributed by atoms with Crippen molar-refractivity contribution in [2.75, 3.05) is 5.32 Å². The summed E-state index contributed by atoms with van der Waals surface area (Å²) in [5.41, 5.74) is 0.401. The molecule has 24 heavy (non-hydrogen) atoms. The Morgan fingerprint density at radius 3 is 2.46 bits per heavy atom. The van der Waals surface area contributed by atoms with Gasteiger partial charge in [-0.1, -0.05) is 22.0 Å². The number of carbonyl (C=O) groups is 2. The zero-order valence-corrected chi connectivity index (χ0v) is 14.5. The van der Waals surface area contributed by atoms with E-state index in [1.165, 1.54) is 31.2 Å². The van der Waals surface area contributed by atoms with Crippen molar-refractivity contribution in [2.24, 2.45) is 0 Å². The van der Waals surface area contributed by atoms with Crippen LogP contribution in [-0.2, 0) is 9.53 Å². The minimum Gasteiger partial charge on any atom is -0.449 e. The number of hydrogen-bond acceptors (Lipinski definition) is 3. The quantitative estimate of drug-likeness (QED) is 0.785. The molecule has 1 atom stereocenters. The van der Waals surface area contributed by atoms with Crippen molar-refractivity contribution in [1.29, 1.82) is 0 Å². The van der Waals surface area contributed by atoms with Gasteiger partial charge in [0.05, 0.1) is 5.56 Å². The third-order valence-electron chi connectivity index (χ3n) is 3.24. The van der Waals surface area contributed by atoms with Crippen LogP contribution in [0.2, 0.25) is 0 Å². The zero-order valence-electron chi connectivity index (χ0n) is 12.9. The van der Waals surface area contributed by atoms with Crippen molar-refractivity contribution in [3.05, 3.63) is 63.6 Å². The number of aryl methyl sites for hydroxylation is 1. The molecule has 1 N–H and O–H groups in total. The van der Waals surface area contributed by atoms with Gasteiger partial charge in [0.1, 0.15) is 11.6 Å². The number of nitrogens with one attached hydrogen (secondary N) is 1. The molecule has 0 saturated carbocycles. The number of anilines is 1. The molecule has 2 aromatic rings. The third-order valence-corrected chi connectivity index (χ3v) is 3.74. The Kier molecular flexibility index (Phi) is 5.66. The van der Waals surface area contributed by atoms with Crippen molar-refractivity contribution >= 4 is 33.5 Å². The molecule has 0 aliphatic heterocycles. The largest absolute Gasteiger partial charge is 0.449 e. The molecular weight excluding hydrogens is 384 g/mol. The lowest BCUT2D eigenvalue weighted by Crippen LogP contribution is -2.30. The number of esters is 1. The zero-order chi connectivity index (χ0) is 17.9. The lowest BCUT2D eigenvalue weighted by Gasteiger charge is -2.14. The van der Waals surface area contributed by atoms with Crippen LogP contribution in [-0.4, -0.2) is 18.0 Å². The number of halogens is 3. The first-order valence-electron chi connectivity index (χ1n) is 7.01. The van der Waals surface area contributed by atoms with Crippen LogP contribution in [0.25, 0.3) is 0 Å². The molecule has 0 heterocycles. The lowest BCUT2D eigenvalue weighted by atomic mass is 10.2. The van der Waals surface area contributed by atoms with E-state index in [4.69, 9.17) is 4.74 Å². The first-order chi connectivity index (χ1) is 11.3. The van der Waals surface area contributed by atoms with E-state index in [1.807, 2.05) is 0 Å². The molecule has 0 aliphatic carbocycles. The topological polar surface area (TPSA) is 55.4 Å². The Hall–Kier alpha value is -2.28. The second-order valence-corrected chi connectivity index (χ2v) is 6.04. The van der Waals surface area contributed by atoms with Crippen LogP contribution in [0.5, 0.6) is 0 Å². The molecule has 4 nitrogen and oxygen atoms in total. The maximum Gasteiger partial charge on any atom is 0.341 e. The summed E-state index contributed by atoms with van der Waals surface area (Å²) in [6.45, 7) is 2.94. The Morgan fingerprint density at radius 1 is 1.12 bits per heavy atom. The molecule has 0 aliphatic rings. The summed E-state index contributed by atoms with van der Waals surface area (Å²) in [4.78, 5) is 23.9. The number of rotatable bonds is 4. The van der Waals surface area contributed by atoms with Crippen molar-refractivity contribution in [2.45, 2.75) is 20.0 Å². The SMILES string of the molecule is Cc1ccc(NC(=O)[C@@H](C)OC(=O)c2ccc(Br)cc2F)cc1F. The summed E-state index contributed by atoms with van der Waals surface area (Å²) in [7, 11) is 0. The lowest BCUT2D eigenvalue weighted by molar-refractivity contribution is -0.123. The average Bonchev–Trinajstić information content (AvgIpc) is 2.50. The summed E-state index contributed by atoms with van der Waals surface area (Å²) in [6, 6.07) is 8.06. The molecule has 2 rings (SSSR count). The standard InChI is InChI=1S/C17H14BrF2NO3/c1-9-3-5-12(8-14(9)19)21-16(22)10(2)24-17(23)13-6-4-11(18)7-15(13)20/h3-8,10H,1-2H3,(H,21,22)/t10-/m1/s1. The average molecular weight is 398 g/mol. The highest BCUT2D eigenvalue weighted by molar-refractivity contribution is 9.10. The summed E-state index contributed by atoms with van der Waals surface area (Å²) >= 11 is 3.08. The Balaban J connectivity index is 2.02. The third kappa shape index (κ3) is 4.38. The molecule has 0 radical (unpaired) electrons. The Labute approximate surface area is 145 Å². The maximum absolute atomic E-state index is 13.7. The molecule has 126 valence electrons. The van der Waals surface area contributed by atoms with E-state index in [2.05, 4.69) is 21.2 Å². The molecule has 1 amide bonds. The summed E-state index contributed by atoms with van der Waals surface area (Å²) in [5, 5.41) is 2.43. The molecule has 0 fully saturated rings. The number of benzene rings is 2. The van der Waals surface area contributed by atoms with E-state index in [0.717, 1.165) is 12.1 Å². The second-order valence-electron chi connectivity index (χ2n) is 5.12. The van der Waals surface area contributed by atoms with Crippen LogP contribution in [0.1, 0.15) is 22.8 Å². The van der Waals surface area contributed by atoms with E-state index in [9.17, 15) is 18.4 Å². The van der Waals surface area contributed by atoms with E-state index < -0.39 is 29.6 Å². The van der Waals surface area contributed by atoms with Gasteiger partial charge < -0.3 is 10.1 Å². The van der Waals surface area contributed by atoms with Gasteiger partial charge in [-0.05, 0) is 49.7 Å². The fraction of sp³-hybridized carbons (Fsp3) is 0.176. The first kappa shape index (κ1) is 18.1. The molecule has 7 heteroatoms. The highest BCUT2D eigenvalue weighted by Gasteiger charge is 2.21. The van der Waals surface area contributed by atoms with Gasteiger partial charge in [0.15, 0.2) is 6.10 Å². The smallest absolute Gasteiger partial charge is 0.341 e. The molecule has 0 saturated heterocycles. The first-order valence-corrected chi connectivity index (χ1v) is 7.80. The van der Waals surface area contributed by atoms with Gasteiger partial charge in [0.25, 0.3) is 5.91 Å². The van der Waals surface area contributed by atoms with Crippen molar-refractivity contribution in [3.8, 4) is 0 Å². The fourth-order valence-electron chi connectivity index (χ4n) is 1.85. The molecule has 0 bridgehead atoms. The van der Waals surface area contributed by atoms with Gasteiger partial charge in [-0.25, -0.2) is 13.6 Å². The highest BCUT2D eigenvalue weighted by atomic mass is 79.9. The number of ether oxygens (including phenoxy) is 1. The van der Waals surface area contributed by atoms with Crippen LogP contribution in [0.3, 0.4) is 0 Å². The monoisotopic (exact) mass is 397 g/mol. The fourth-order valence-corrected chi connectivity index (χ4v) is 2.18. The van der Waals surface area contributed by atoms with Crippen molar-refractivity contribution in [1.82, 2.24) is 0 Å². The summed E-state index contributed by atoms with van der Waals surface area (Å²) in [5.74, 6) is -2.83. The van der Waals surface area contributed by atoms with E-state index in [0.29, 0.717) is 10.0 Å². The van der Waals surface area contributed by atoms with Gasteiger partial charge in [-0.2, -0.15) is 0 Å². The molecule has 0 aromatic heterocycles. The van der Waals surface area contributed by atoms with Crippen molar-refractivity contribution < 1.29 is 23.1 Å². The molecule has 0 spiro atoms. The Bertz CT molecular complexity index is 795. The van der Waals surface area contributed by atoms with E-state index in [1.54, 1.807) is 6.92 Å². The minimum absolute atomic E-state index is 0.237. The normalized spacial score (nSPS) is 11.7. The van der Waals surface area contributed by atoms with Gasteiger partial charge in [-0.15, -0.1) is 0 Å². The van der Waals surface area contributed by atoms with Crippen LogP contribution in [0, 0.1) is 18.6 Å². The van der Waals surface area contributed by atoms with Crippen molar-refractivity contribution in [3.63, 3.8) is 0 Å². The molecule has 2 aromatic carbocycles. The second kappa shape index (κ2) is 7.53. The minimum atomic E-state index is -1.18. The maximum atomic E-state index is 13.7. The predicted molar refractivity (Wildman–Crippen MR) is 88.7 cm³/mol. The summed E-state index contributed by atoms with van der Waals surface area (Å²) < 4.78 is 32.6. The van der Waals surface area contributed by atoms with Crippen LogP contribution < -0.4 is 5.32 Å². The van der Waals surface area contributed by atoms with Gasteiger partial charge in [0.2, 0.25) is 0 Å². The van der Waals surface area contributed by atoms with Crippen LogP contribution >= 0.6 is 15.9 Å². The van der Waals surface area contributed by atoms with Crippen LogP contribution in [0.15, 0.2) is 40.9 Å². The van der Waals surface area contributed by atoms with Crippen LogP contribution in [0.4, 0.5) is 14.5 Å². The number of carbonyl (C=O) groups excluding carboxylic acids is 2. The van der Waals surface area contributed by atoms with Gasteiger partial charge in [-0.3, -0.25) is 4.79 Å². The molecular formula is C17H14BrF2NO3. The van der Waals surface area contributed by atoms with E-state index >= 15 is 0 Å². The van der Waals surface area contributed by atoms with Gasteiger partial charge >= 0.3 is 5.97 Å². The number of hydrogen-bond donors (Lipinski definition) is 1. The van der Waals surface area contributed by atoms with E-state index in [-0.39, 0.29) is 11.3 Å². The predicted octanol–water partition coefficient (Wildman–Crippen LogP) is 4.22. The van der Waals surface area contributed by atoms with Gasteiger partial charge in [0, 0.05) is 10.2 Å². The Morgan fingerprint density at radius 2 is 1.83 bits per heavy atom. The molecule has 0 unspecified atom stereocenters.